The topological polar surface area (TPSA) is 9.23 Å². The minimum absolute atomic E-state index is 0.105. The molecule has 0 N–H and O–H groups in total. The maximum Gasteiger partial charge on any atom is 0.119 e. The molecule has 2 aromatic rings. The Balaban J connectivity index is 0.00000100. The van der Waals surface area contributed by atoms with Gasteiger partial charge in [-0.1, -0.05) is 69.0 Å². The van der Waals surface area contributed by atoms with Crippen molar-refractivity contribution in [1.29, 1.82) is 0 Å². The van der Waals surface area contributed by atoms with Crippen LogP contribution in [0.2, 0.25) is 5.02 Å². The number of hydrogen-bond donors (Lipinski definition) is 0. The molecule has 1 aliphatic rings. The summed E-state index contributed by atoms with van der Waals surface area (Å²) in [7, 11) is 0. The third kappa shape index (κ3) is 4.13. The van der Waals surface area contributed by atoms with Gasteiger partial charge in [-0.15, -0.1) is 0 Å². The molecule has 2 heteroatoms. The van der Waals surface area contributed by atoms with Gasteiger partial charge in [0.05, 0.1) is 6.61 Å². The van der Waals surface area contributed by atoms with Crippen LogP contribution < -0.4 is 4.74 Å². The normalized spacial score (nSPS) is 16.0. The highest BCUT2D eigenvalue weighted by Gasteiger charge is 2.35. The molecule has 1 saturated carbocycles. The standard InChI is InChI=1S/C20H23ClO.C2H6/c1-2-22-19-11-9-16(10-12-19)20(13-4-3-5-14-20)17-7-6-8-18(21)15-17;1-2/h6-12,15H,2-5,13-14H2,1H3;1-2H3. The van der Waals surface area contributed by atoms with Crippen LogP contribution in [0, 0.1) is 0 Å². The average Bonchev–Trinajstić information content (AvgIpc) is 2.65. The predicted octanol–water partition coefficient (Wildman–Crippen LogP) is 7.02. The highest BCUT2D eigenvalue weighted by molar-refractivity contribution is 6.30. The molecule has 2 aromatic carbocycles. The molecule has 0 aromatic heterocycles. The summed E-state index contributed by atoms with van der Waals surface area (Å²) in [6.45, 7) is 6.72. The maximum atomic E-state index is 6.26. The molecule has 3 rings (SSSR count). The van der Waals surface area contributed by atoms with E-state index in [4.69, 9.17) is 16.3 Å². The summed E-state index contributed by atoms with van der Waals surface area (Å²) < 4.78 is 5.58. The van der Waals surface area contributed by atoms with E-state index in [9.17, 15) is 0 Å². The summed E-state index contributed by atoms with van der Waals surface area (Å²) in [6.07, 6.45) is 6.28. The van der Waals surface area contributed by atoms with Crippen molar-refractivity contribution in [3.63, 3.8) is 0 Å². The van der Waals surface area contributed by atoms with Crippen molar-refractivity contribution < 1.29 is 4.74 Å². The predicted molar refractivity (Wildman–Crippen MR) is 104 cm³/mol. The van der Waals surface area contributed by atoms with Crippen molar-refractivity contribution in [2.45, 2.75) is 58.3 Å². The smallest absolute Gasteiger partial charge is 0.119 e. The Hall–Kier alpha value is -1.47. The van der Waals surface area contributed by atoms with E-state index in [0.717, 1.165) is 10.8 Å². The molecule has 1 aliphatic carbocycles. The Labute approximate surface area is 152 Å². The van der Waals surface area contributed by atoms with E-state index in [1.54, 1.807) is 0 Å². The summed E-state index contributed by atoms with van der Waals surface area (Å²) in [5.41, 5.74) is 2.84. The first-order chi connectivity index (χ1) is 11.7. The van der Waals surface area contributed by atoms with Crippen molar-refractivity contribution in [2.75, 3.05) is 6.61 Å². The van der Waals surface area contributed by atoms with Crippen molar-refractivity contribution in [3.8, 4) is 5.75 Å². The lowest BCUT2D eigenvalue weighted by Gasteiger charge is -2.38. The molecule has 130 valence electrons. The molecule has 0 aliphatic heterocycles. The molecule has 0 spiro atoms. The number of benzene rings is 2. The fourth-order valence-electron chi connectivity index (χ4n) is 3.72. The third-order valence-corrected chi connectivity index (χ3v) is 5.04. The average molecular weight is 345 g/mol. The molecule has 0 unspecified atom stereocenters. The van der Waals surface area contributed by atoms with Crippen LogP contribution in [0.25, 0.3) is 0 Å². The quantitative estimate of drug-likeness (QED) is 0.579. The van der Waals surface area contributed by atoms with Gasteiger partial charge in [0.25, 0.3) is 0 Å². The fourth-order valence-corrected chi connectivity index (χ4v) is 3.91. The summed E-state index contributed by atoms with van der Waals surface area (Å²) in [6, 6.07) is 17.1. The highest BCUT2D eigenvalue weighted by Crippen LogP contribution is 2.45. The van der Waals surface area contributed by atoms with Crippen molar-refractivity contribution in [1.82, 2.24) is 0 Å². The minimum Gasteiger partial charge on any atom is -0.494 e. The molecule has 0 atom stereocenters. The van der Waals surface area contributed by atoms with Gasteiger partial charge in [-0.2, -0.15) is 0 Å². The van der Waals surface area contributed by atoms with Gasteiger partial charge >= 0.3 is 0 Å². The number of hydrogen-bond acceptors (Lipinski definition) is 1. The molecule has 0 radical (unpaired) electrons. The Morgan fingerprint density at radius 3 is 2.17 bits per heavy atom. The SMILES string of the molecule is CC.CCOc1ccc(C2(c3cccc(Cl)c3)CCCCC2)cc1. The minimum atomic E-state index is 0.105. The van der Waals surface area contributed by atoms with Gasteiger partial charge in [0.1, 0.15) is 5.75 Å². The van der Waals surface area contributed by atoms with Crippen molar-refractivity contribution >= 4 is 11.6 Å². The molecule has 0 amide bonds. The second-order valence-corrected chi connectivity index (χ2v) is 6.55. The molecule has 1 fully saturated rings. The van der Waals surface area contributed by atoms with Gasteiger partial charge in [0.2, 0.25) is 0 Å². The van der Waals surface area contributed by atoms with E-state index < -0.39 is 0 Å². The van der Waals surface area contributed by atoms with Gasteiger partial charge in [0.15, 0.2) is 0 Å². The fraction of sp³-hybridized carbons (Fsp3) is 0.455. The maximum absolute atomic E-state index is 6.26. The Morgan fingerprint density at radius 2 is 1.58 bits per heavy atom. The van der Waals surface area contributed by atoms with Gasteiger partial charge in [0, 0.05) is 10.4 Å². The highest BCUT2D eigenvalue weighted by atomic mass is 35.5. The van der Waals surface area contributed by atoms with E-state index in [2.05, 4.69) is 42.5 Å². The van der Waals surface area contributed by atoms with E-state index in [1.165, 1.54) is 43.2 Å². The molecule has 0 saturated heterocycles. The lowest BCUT2D eigenvalue weighted by Crippen LogP contribution is -2.30. The Kier molecular flexibility index (Phi) is 7.17. The lowest BCUT2D eigenvalue weighted by atomic mass is 9.65. The zero-order valence-corrected chi connectivity index (χ0v) is 15.9. The first-order valence-corrected chi connectivity index (χ1v) is 9.62. The summed E-state index contributed by atoms with van der Waals surface area (Å²) in [5, 5.41) is 0.827. The zero-order chi connectivity index (χ0) is 17.4. The molecule has 0 heterocycles. The van der Waals surface area contributed by atoms with Crippen LogP contribution in [0.1, 0.15) is 64.0 Å². The monoisotopic (exact) mass is 344 g/mol. The summed E-state index contributed by atoms with van der Waals surface area (Å²) in [4.78, 5) is 0. The van der Waals surface area contributed by atoms with Crippen LogP contribution in [0.15, 0.2) is 48.5 Å². The number of ether oxygens (including phenoxy) is 1. The zero-order valence-electron chi connectivity index (χ0n) is 15.1. The van der Waals surface area contributed by atoms with Crippen molar-refractivity contribution in [2.24, 2.45) is 0 Å². The number of rotatable bonds is 4. The van der Waals surface area contributed by atoms with Crippen LogP contribution in [-0.2, 0) is 5.41 Å². The van der Waals surface area contributed by atoms with Crippen molar-refractivity contribution in [3.05, 3.63) is 64.7 Å². The van der Waals surface area contributed by atoms with Gasteiger partial charge in [-0.05, 0) is 55.2 Å². The van der Waals surface area contributed by atoms with E-state index in [-0.39, 0.29) is 5.41 Å². The molecular weight excluding hydrogens is 316 g/mol. The third-order valence-electron chi connectivity index (χ3n) is 4.80. The summed E-state index contributed by atoms with van der Waals surface area (Å²) in [5.74, 6) is 0.948. The van der Waals surface area contributed by atoms with Crippen LogP contribution in [0.5, 0.6) is 5.75 Å². The second kappa shape index (κ2) is 9.13. The lowest BCUT2D eigenvalue weighted by molar-refractivity contribution is 0.335. The molecule has 0 bridgehead atoms. The second-order valence-electron chi connectivity index (χ2n) is 6.11. The molecule has 1 nitrogen and oxygen atoms in total. The Morgan fingerprint density at radius 1 is 0.917 bits per heavy atom. The van der Waals surface area contributed by atoms with Crippen LogP contribution >= 0.6 is 11.6 Å². The Bertz CT molecular complexity index is 612. The van der Waals surface area contributed by atoms with Gasteiger partial charge < -0.3 is 4.74 Å². The van der Waals surface area contributed by atoms with Crippen LogP contribution in [-0.4, -0.2) is 6.61 Å². The number of halogens is 1. The van der Waals surface area contributed by atoms with Gasteiger partial charge in [-0.3, -0.25) is 0 Å². The first-order valence-electron chi connectivity index (χ1n) is 9.24. The van der Waals surface area contributed by atoms with E-state index in [1.807, 2.05) is 26.8 Å². The largest absolute Gasteiger partial charge is 0.494 e. The van der Waals surface area contributed by atoms with Gasteiger partial charge in [-0.25, -0.2) is 0 Å². The summed E-state index contributed by atoms with van der Waals surface area (Å²) >= 11 is 6.26. The van der Waals surface area contributed by atoms with Crippen LogP contribution in [0.4, 0.5) is 0 Å². The molecular formula is C22H29ClO. The van der Waals surface area contributed by atoms with Crippen LogP contribution in [0.3, 0.4) is 0 Å². The molecule has 24 heavy (non-hydrogen) atoms. The van der Waals surface area contributed by atoms with E-state index in [0.29, 0.717) is 6.61 Å². The first kappa shape index (κ1) is 18.9. The van der Waals surface area contributed by atoms with E-state index >= 15 is 0 Å².